The number of unbranched alkanes of at least 4 members (excludes halogenated alkanes) is 1. The SMILES string of the molecule is CCCCC(=O)Nc1cc(C)c(NC(=O)C23CC4CC(CC(C4)C2)C3)cn1. The van der Waals surface area contributed by atoms with Crippen LogP contribution in [0.25, 0.3) is 0 Å². The van der Waals surface area contributed by atoms with Crippen molar-refractivity contribution in [3.63, 3.8) is 0 Å². The summed E-state index contributed by atoms with van der Waals surface area (Å²) in [6.07, 6.45) is 11.2. The minimum atomic E-state index is -0.159. The first-order valence-electron chi connectivity index (χ1n) is 10.6. The number of anilines is 2. The van der Waals surface area contributed by atoms with Gasteiger partial charge in [-0.2, -0.15) is 0 Å². The summed E-state index contributed by atoms with van der Waals surface area (Å²) in [7, 11) is 0. The number of carbonyl (C=O) groups is 2. The van der Waals surface area contributed by atoms with Crippen molar-refractivity contribution < 1.29 is 9.59 Å². The summed E-state index contributed by atoms with van der Waals surface area (Å²) in [6, 6.07) is 1.85. The van der Waals surface area contributed by atoms with Crippen LogP contribution < -0.4 is 10.6 Å². The first kappa shape index (κ1) is 18.5. The smallest absolute Gasteiger partial charge is 0.230 e. The highest BCUT2D eigenvalue weighted by Crippen LogP contribution is 2.60. The lowest BCUT2D eigenvalue weighted by Crippen LogP contribution is -2.51. The van der Waals surface area contributed by atoms with E-state index in [-0.39, 0.29) is 17.2 Å². The molecule has 0 radical (unpaired) electrons. The Morgan fingerprint density at radius 2 is 1.74 bits per heavy atom. The van der Waals surface area contributed by atoms with Crippen molar-refractivity contribution in [3.05, 3.63) is 17.8 Å². The topological polar surface area (TPSA) is 71.1 Å². The van der Waals surface area contributed by atoms with Gasteiger partial charge in [0.15, 0.2) is 0 Å². The number of aryl methyl sites for hydroxylation is 1. The van der Waals surface area contributed by atoms with Gasteiger partial charge in [0, 0.05) is 6.42 Å². The lowest BCUT2D eigenvalue weighted by atomic mass is 9.49. The molecule has 2 N–H and O–H groups in total. The molecule has 1 aromatic heterocycles. The largest absolute Gasteiger partial charge is 0.324 e. The van der Waals surface area contributed by atoms with Crippen LogP contribution in [0.4, 0.5) is 11.5 Å². The average molecular weight is 370 g/mol. The van der Waals surface area contributed by atoms with E-state index in [1.165, 1.54) is 19.3 Å². The molecule has 0 aromatic carbocycles. The molecule has 0 aliphatic heterocycles. The van der Waals surface area contributed by atoms with Crippen LogP contribution in [-0.4, -0.2) is 16.8 Å². The summed E-state index contributed by atoms with van der Waals surface area (Å²) in [5, 5.41) is 6.01. The molecule has 0 atom stereocenters. The van der Waals surface area contributed by atoms with Crippen LogP contribution in [-0.2, 0) is 9.59 Å². The van der Waals surface area contributed by atoms with Gasteiger partial charge in [-0.25, -0.2) is 4.98 Å². The molecule has 0 saturated heterocycles. The van der Waals surface area contributed by atoms with E-state index in [1.54, 1.807) is 6.20 Å². The molecule has 4 bridgehead atoms. The lowest BCUT2D eigenvalue weighted by Gasteiger charge is -2.55. The summed E-state index contributed by atoms with van der Waals surface area (Å²) in [5.74, 6) is 2.99. The van der Waals surface area contributed by atoms with Gasteiger partial charge in [-0.05, 0) is 81.3 Å². The van der Waals surface area contributed by atoms with Crippen LogP contribution >= 0.6 is 0 Å². The van der Waals surface area contributed by atoms with E-state index in [0.717, 1.165) is 61.1 Å². The van der Waals surface area contributed by atoms with E-state index in [0.29, 0.717) is 12.2 Å². The van der Waals surface area contributed by atoms with Gasteiger partial charge in [0.25, 0.3) is 0 Å². The monoisotopic (exact) mass is 369 g/mol. The van der Waals surface area contributed by atoms with Crippen molar-refractivity contribution in [3.8, 4) is 0 Å². The van der Waals surface area contributed by atoms with Crippen molar-refractivity contribution in [1.29, 1.82) is 0 Å². The number of hydrogen-bond donors (Lipinski definition) is 2. The van der Waals surface area contributed by atoms with E-state index < -0.39 is 0 Å². The number of pyridine rings is 1. The minimum absolute atomic E-state index is 0.00546. The maximum Gasteiger partial charge on any atom is 0.230 e. The Hall–Kier alpha value is -1.91. The van der Waals surface area contributed by atoms with Crippen molar-refractivity contribution in [1.82, 2.24) is 4.98 Å². The van der Waals surface area contributed by atoms with Gasteiger partial charge in [0.1, 0.15) is 5.82 Å². The summed E-state index contributed by atoms with van der Waals surface area (Å²) in [6.45, 7) is 4.02. The molecule has 5 heteroatoms. The number of aromatic nitrogens is 1. The third-order valence-electron chi connectivity index (χ3n) is 6.90. The maximum atomic E-state index is 13.2. The zero-order valence-electron chi connectivity index (χ0n) is 16.5. The second-order valence-electron chi connectivity index (χ2n) is 9.19. The van der Waals surface area contributed by atoms with Gasteiger partial charge in [-0.1, -0.05) is 13.3 Å². The molecule has 27 heavy (non-hydrogen) atoms. The fourth-order valence-electron chi connectivity index (χ4n) is 5.94. The van der Waals surface area contributed by atoms with E-state index in [2.05, 4.69) is 22.5 Å². The third-order valence-corrected chi connectivity index (χ3v) is 6.90. The first-order chi connectivity index (χ1) is 13.0. The Bertz CT molecular complexity index is 708. The number of hydrogen-bond acceptors (Lipinski definition) is 3. The normalized spacial score (nSPS) is 31.0. The van der Waals surface area contributed by atoms with Gasteiger partial charge in [0.2, 0.25) is 11.8 Å². The van der Waals surface area contributed by atoms with Crippen LogP contribution in [0.3, 0.4) is 0 Å². The molecule has 4 fully saturated rings. The van der Waals surface area contributed by atoms with Gasteiger partial charge in [-0.15, -0.1) is 0 Å². The van der Waals surface area contributed by atoms with Crippen molar-refractivity contribution in [2.45, 2.75) is 71.6 Å². The highest BCUT2D eigenvalue weighted by Gasteiger charge is 2.54. The highest BCUT2D eigenvalue weighted by atomic mass is 16.2. The van der Waals surface area contributed by atoms with Crippen LogP contribution in [0.1, 0.15) is 70.3 Å². The van der Waals surface area contributed by atoms with Crippen LogP contribution in [0.5, 0.6) is 0 Å². The Morgan fingerprint density at radius 3 is 2.30 bits per heavy atom. The molecular weight excluding hydrogens is 338 g/mol. The fourth-order valence-corrected chi connectivity index (χ4v) is 5.94. The summed E-state index contributed by atoms with van der Waals surface area (Å²) in [5.41, 5.74) is 1.55. The number of carbonyl (C=O) groups excluding carboxylic acids is 2. The average Bonchev–Trinajstić information content (AvgIpc) is 2.61. The summed E-state index contributed by atoms with van der Waals surface area (Å²) < 4.78 is 0. The molecule has 1 aromatic rings. The number of rotatable bonds is 6. The van der Waals surface area contributed by atoms with E-state index in [1.807, 2.05) is 13.0 Å². The third kappa shape index (κ3) is 3.74. The van der Waals surface area contributed by atoms with Crippen LogP contribution in [0.15, 0.2) is 12.3 Å². The predicted octanol–water partition coefficient (Wildman–Crippen LogP) is 4.67. The first-order valence-corrected chi connectivity index (χ1v) is 10.6. The standard InChI is InChI=1S/C22H31N3O2/c1-3-4-5-20(26)25-19-6-14(2)18(13-23-19)24-21(27)22-10-15-7-16(11-22)9-17(8-15)12-22/h6,13,15-17H,3-5,7-12H2,1-2H3,(H,24,27)(H,23,25,26). The van der Waals surface area contributed by atoms with E-state index >= 15 is 0 Å². The molecule has 146 valence electrons. The Balaban J connectivity index is 1.42. The molecular formula is C22H31N3O2. The second kappa shape index (κ2) is 7.25. The molecule has 4 aliphatic carbocycles. The zero-order chi connectivity index (χ0) is 19.0. The summed E-state index contributed by atoms with van der Waals surface area (Å²) in [4.78, 5) is 29.4. The minimum Gasteiger partial charge on any atom is -0.324 e. The van der Waals surface area contributed by atoms with Gasteiger partial charge in [0.05, 0.1) is 17.3 Å². The number of nitrogens with one attached hydrogen (secondary N) is 2. The lowest BCUT2D eigenvalue weighted by molar-refractivity contribution is -0.140. The molecule has 1 heterocycles. The molecule has 2 amide bonds. The van der Waals surface area contributed by atoms with Gasteiger partial charge < -0.3 is 10.6 Å². The molecule has 4 aliphatic rings. The Morgan fingerprint density at radius 1 is 1.11 bits per heavy atom. The highest BCUT2D eigenvalue weighted by molar-refractivity contribution is 5.96. The molecule has 5 rings (SSSR count). The molecule has 5 nitrogen and oxygen atoms in total. The fraction of sp³-hybridized carbons (Fsp3) is 0.682. The Labute approximate surface area is 161 Å². The van der Waals surface area contributed by atoms with Crippen LogP contribution in [0.2, 0.25) is 0 Å². The second-order valence-corrected chi connectivity index (χ2v) is 9.19. The molecule has 4 saturated carbocycles. The predicted molar refractivity (Wildman–Crippen MR) is 106 cm³/mol. The van der Waals surface area contributed by atoms with E-state index in [4.69, 9.17) is 0 Å². The van der Waals surface area contributed by atoms with Crippen molar-refractivity contribution in [2.24, 2.45) is 23.2 Å². The molecule has 0 unspecified atom stereocenters. The Kier molecular flexibility index (Phi) is 4.95. The quantitative estimate of drug-likeness (QED) is 0.765. The van der Waals surface area contributed by atoms with Crippen LogP contribution in [0, 0.1) is 30.1 Å². The van der Waals surface area contributed by atoms with E-state index in [9.17, 15) is 9.59 Å². The number of nitrogens with zero attached hydrogens (tertiary/aromatic N) is 1. The summed E-state index contributed by atoms with van der Waals surface area (Å²) >= 11 is 0. The maximum absolute atomic E-state index is 13.2. The van der Waals surface area contributed by atoms with Gasteiger partial charge >= 0.3 is 0 Å². The van der Waals surface area contributed by atoms with Crippen molar-refractivity contribution in [2.75, 3.05) is 10.6 Å². The number of amides is 2. The van der Waals surface area contributed by atoms with Gasteiger partial charge in [-0.3, -0.25) is 9.59 Å². The van der Waals surface area contributed by atoms with Crippen molar-refractivity contribution >= 4 is 23.3 Å². The zero-order valence-corrected chi connectivity index (χ0v) is 16.5. The molecule has 0 spiro atoms.